The zero-order chi connectivity index (χ0) is 7.40. The van der Waals surface area contributed by atoms with E-state index in [0.717, 1.165) is 11.3 Å². The zero-order valence-electron chi connectivity index (χ0n) is 5.08. The maximum atomic E-state index is 12.2. The third-order valence-electron chi connectivity index (χ3n) is 0.823. The van der Waals surface area contributed by atoms with Crippen LogP contribution in [0, 0.1) is 5.26 Å². The van der Waals surface area contributed by atoms with Crippen LogP contribution in [-0.4, -0.2) is 11.7 Å². The Morgan fingerprint density at radius 1 is 1.90 bits per heavy atom. The van der Waals surface area contributed by atoms with Gasteiger partial charge in [0.05, 0.1) is 4.88 Å². The number of thiazole rings is 1. The van der Waals surface area contributed by atoms with Crippen LogP contribution in [0.15, 0.2) is 11.4 Å². The highest BCUT2D eigenvalue weighted by molar-refractivity contribution is 7.09. The molecule has 0 N–H and O–H groups in total. The molecule has 0 saturated carbocycles. The fourth-order valence-corrected chi connectivity index (χ4v) is 0.998. The van der Waals surface area contributed by atoms with Gasteiger partial charge in [-0.2, -0.15) is 4.39 Å². The van der Waals surface area contributed by atoms with E-state index in [1.807, 2.05) is 0 Å². The van der Waals surface area contributed by atoms with Gasteiger partial charge in [-0.25, -0.2) is 4.98 Å². The molecule has 1 rings (SSSR count). The molecule has 54 valence electrons. The van der Waals surface area contributed by atoms with Crippen molar-refractivity contribution in [3.63, 3.8) is 0 Å². The van der Waals surface area contributed by atoms with Gasteiger partial charge in [-0.1, -0.05) is 11.3 Å². The van der Waals surface area contributed by atoms with Crippen LogP contribution in [-0.2, 0) is 11.4 Å². The van der Waals surface area contributed by atoms with Gasteiger partial charge < -0.3 is 4.84 Å². The van der Waals surface area contributed by atoms with Crippen molar-refractivity contribution in [2.24, 2.45) is 5.16 Å². The van der Waals surface area contributed by atoms with Crippen molar-refractivity contribution in [2.45, 2.75) is 6.61 Å². The van der Waals surface area contributed by atoms with Crippen molar-refractivity contribution >= 4 is 18.1 Å². The molecule has 0 aliphatic heterocycles. The summed E-state index contributed by atoms with van der Waals surface area (Å²) < 4.78 is 12.2. The number of halogens is 1. The van der Waals surface area contributed by atoms with E-state index < -0.39 is 5.26 Å². The summed E-state index contributed by atoms with van der Waals surface area (Å²) in [4.78, 5) is 8.63. The standard InChI is InChI=1S/C5H5FN2OS/c1-7-9-3-4-2-8-5(6)10-4/h2H,1,3H2. The van der Waals surface area contributed by atoms with E-state index in [9.17, 15) is 4.39 Å². The molecule has 0 amide bonds. The molecule has 3 nitrogen and oxygen atoms in total. The first-order valence-corrected chi connectivity index (χ1v) is 3.33. The fraction of sp³-hybridized carbons (Fsp3) is 0.200. The maximum absolute atomic E-state index is 12.2. The molecule has 1 heterocycles. The van der Waals surface area contributed by atoms with Gasteiger partial charge in [0.25, 0.3) is 5.26 Å². The van der Waals surface area contributed by atoms with E-state index >= 15 is 0 Å². The zero-order valence-corrected chi connectivity index (χ0v) is 5.90. The molecular formula is C5H5FN2OS. The highest BCUT2D eigenvalue weighted by Gasteiger charge is 1.99. The quantitative estimate of drug-likeness (QED) is 0.495. The predicted octanol–water partition coefficient (Wildman–Crippen LogP) is 1.41. The molecule has 0 atom stereocenters. The van der Waals surface area contributed by atoms with E-state index in [2.05, 4.69) is 21.7 Å². The summed E-state index contributed by atoms with van der Waals surface area (Å²) in [7, 11) is 0. The van der Waals surface area contributed by atoms with Crippen LogP contribution in [0.25, 0.3) is 0 Å². The minimum absolute atomic E-state index is 0.241. The molecule has 0 spiro atoms. The van der Waals surface area contributed by atoms with Crippen LogP contribution in [0.5, 0.6) is 0 Å². The molecule has 0 saturated heterocycles. The topological polar surface area (TPSA) is 34.5 Å². The van der Waals surface area contributed by atoms with E-state index in [1.54, 1.807) is 0 Å². The van der Waals surface area contributed by atoms with Gasteiger partial charge in [0.1, 0.15) is 0 Å². The summed E-state index contributed by atoms with van der Waals surface area (Å²) in [6, 6.07) is 0. The number of aromatic nitrogens is 1. The SMILES string of the molecule is C=NOCc1cnc(F)s1. The lowest BCUT2D eigenvalue weighted by atomic mass is 10.6. The highest BCUT2D eigenvalue weighted by atomic mass is 32.1. The van der Waals surface area contributed by atoms with Crippen molar-refractivity contribution in [2.75, 3.05) is 0 Å². The van der Waals surface area contributed by atoms with Crippen molar-refractivity contribution in [3.05, 3.63) is 16.3 Å². The first-order valence-electron chi connectivity index (χ1n) is 2.51. The number of oxime groups is 1. The van der Waals surface area contributed by atoms with Gasteiger partial charge in [0, 0.05) is 12.9 Å². The average Bonchev–Trinajstić information content (AvgIpc) is 2.31. The third-order valence-corrected chi connectivity index (χ3v) is 1.58. The Morgan fingerprint density at radius 3 is 3.20 bits per heavy atom. The summed E-state index contributed by atoms with van der Waals surface area (Å²) >= 11 is 0.937. The second-order valence-corrected chi connectivity index (χ2v) is 2.55. The molecule has 0 radical (unpaired) electrons. The molecule has 0 unspecified atom stereocenters. The molecule has 0 aliphatic carbocycles. The minimum atomic E-state index is -0.456. The molecule has 0 fully saturated rings. The lowest BCUT2D eigenvalue weighted by Gasteiger charge is -1.90. The molecule has 1 aromatic heterocycles. The van der Waals surface area contributed by atoms with Crippen molar-refractivity contribution < 1.29 is 9.23 Å². The smallest absolute Gasteiger partial charge is 0.269 e. The first-order chi connectivity index (χ1) is 4.83. The Morgan fingerprint density at radius 2 is 2.70 bits per heavy atom. The molecule has 0 aliphatic rings. The van der Waals surface area contributed by atoms with Crippen LogP contribution >= 0.6 is 11.3 Å². The molecule has 1 aromatic rings. The fourth-order valence-electron chi connectivity index (χ4n) is 0.460. The second kappa shape index (κ2) is 3.26. The molecule has 0 aromatic carbocycles. The maximum Gasteiger partial charge on any atom is 0.269 e. The number of hydrogen-bond acceptors (Lipinski definition) is 4. The van der Waals surface area contributed by atoms with Gasteiger partial charge >= 0.3 is 0 Å². The minimum Gasteiger partial charge on any atom is -0.391 e. The largest absolute Gasteiger partial charge is 0.391 e. The number of hydrogen-bond donors (Lipinski definition) is 0. The number of nitrogens with zero attached hydrogens (tertiary/aromatic N) is 2. The van der Waals surface area contributed by atoms with Gasteiger partial charge in [-0.15, -0.1) is 5.16 Å². The Hall–Kier alpha value is -0.970. The molecule has 10 heavy (non-hydrogen) atoms. The summed E-state index contributed by atoms with van der Waals surface area (Å²) in [6.07, 6.45) is 1.41. The van der Waals surface area contributed by atoms with Crippen LogP contribution < -0.4 is 0 Å². The van der Waals surface area contributed by atoms with Crippen LogP contribution in [0.3, 0.4) is 0 Å². The van der Waals surface area contributed by atoms with Crippen molar-refractivity contribution in [1.29, 1.82) is 0 Å². The van der Waals surface area contributed by atoms with E-state index in [-0.39, 0.29) is 6.61 Å². The van der Waals surface area contributed by atoms with E-state index in [4.69, 9.17) is 0 Å². The van der Waals surface area contributed by atoms with E-state index in [1.165, 1.54) is 6.20 Å². The lowest BCUT2D eigenvalue weighted by molar-refractivity contribution is 0.135. The summed E-state index contributed by atoms with van der Waals surface area (Å²) in [5.74, 6) is 0. The first kappa shape index (κ1) is 7.14. The average molecular weight is 160 g/mol. The predicted molar refractivity (Wildman–Crippen MR) is 36.4 cm³/mol. The Kier molecular flexibility index (Phi) is 2.33. The summed E-state index contributed by atoms with van der Waals surface area (Å²) in [6.45, 7) is 3.34. The van der Waals surface area contributed by atoms with Gasteiger partial charge in [0.15, 0.2) is 6.61 Å². The Bertz CT molecular complexity index is 225. The third kappa shape index (κ3) is 1.77. The Labute approximate surface area is 61.1 Å². The van der Waals surface area contributed by atoms with Gasteiger partial charge in [0.2, 0.25) is 0 Å². The number of rotatable bonds is 3. The summed E-state index contributed by atoms with van der Waals surface area (Å²) in [5.41, 5.74) is 0. The highest BCUT2D eigenvalue weighted by Crippen LogP contribution is 2.11. The van der Waals surface area contributed by atoms with Crippen LogP contribution in [0.4, 0.5) is 4.39 Å². The van der Waals surface area contributed by atoms with E-state index in [0.29, 0.717) is 4.88 Å². The molecule has 0 bridgehead atoms. The monoisotopic (exact) mass is 160 g/mol. The van der Waals surface area contributed by atoms with Crippen LogP contribution in [0.1, 0.15) is 4.88 Å². The lowest BCUT2D eigenvalue weighted by Crippen LogP contribution is -1.79. The van der Waals surface area contributed by atoms with Gasteiger partial charge in [-0.05, 0) is 0 Å². The van der Waals surface area contributed by atoms with Gasteiger partial charge in [-0.3, -0.25) is 0 Å². The summed E-state index contributed by atoms with van der Waals surface area (Å²) in [5, 5.41) is 2.69. The molecule has 5 heteroatoms. The second-order valence-electron chi connectivity index (χ2n) is 1.48. The van der Waals surface area contributed by atoms with Crippen LogP contribution in [0.2, 0.25) is 0 Å². The van der Waals surface area contributed by atoms with Crippen molar-refractivity contribution in [3.8, 4) is 0 Å². The normalized spacial score (nSPS) is 9.30. The Balaban J connectivity index is 2.49. The van der Waals surface area contributed by atoms with Crippen molar-refractivity contribution in [1.82, 2.24) is 4.98 Å². The molecular weight excluding hydrogens is 155 g/mol.